The topological polar surface area (TPSA) is 26.3 Å². The Kier molecular flexibility index (Phi) is 3.77. The number of aryl methyl sites for hydroxylation is 1. The van der Waals surface area contributed by atoms with Crippen LogP contribution in [0.1, 0.15) is 29.3 Å². The molecule has 0 aromatic heterocycles. The summed E-state index contributed by atoms with van der Waals surface area (Å²) in [5.41, 5.74) is 1.21. The summed E-state index contributed by atoms with van der Waals surface area (Å²) in [5, 5.41) is 0. The number of ether oxygens (including phenoxy) is 1. The minimum absolute atomic E-state index is 0.0207. The number of Topliss-reactive ketones (excluding diaryl/α,β-unsaturated/α-hetero) is 1. The maximum absolute atomic E-state index is 11.9. The highest BCUT2D eigenvalue weighted by Crippen LogP contribution is 2.20. The molecule has 0 spiro atoms. The fourth-order valence-electron chi connectivity index (χ4n) is 1.27. The minimum atomic E-state index is -2.86. The Bertz CT molecular complexity index is 362. The summed E-state index contributed by atoms with van der Waals surface area (Å²) in [4.78, 5) is 11.4. The summed E-state index contributed by atoms with van der Waals surface area (Å²) in [6.45, 7) is 0.620. The van der Waals surface area contributed by atoms with Gasteiger partial charge in [-0.15, -0.1) is 0 Å². The number of benzene rings is 1. The van der Waals surface area contributed by atoms with E-state index in [1.165, 1.54) is 12.1 Å². The van der Waals surface area contributed by atoms with Gasteiger partial charge in [0.2, 0.25) is 0 Å². The molecule has 0 aliphatic heterocycles. The molecule has 2 nitrogen and oxygen atoms in total. The Balaban J connectivity index is 3.00. The molecule has 0 N–H and O–H groups in total. The largest absolute Gasteiger partial charge is 0.435 e. The average molecular weight is 214 g/mol. The van der Waals surface area contributed by atoms with Crippen molar-refractivity contribution in [2.75, 3.05) is 0 Å². The van der Waals surface area contributed by atoms with Crippen LogP contribution in [0.25, 0.3) is 0 Å². The quantitative estimate of drug-likeness (QED) is 0.719. The Hall–Kier alpha value is -1.45. The number of hydrogen-bond acceptors (Lipinski definition) is 2. The molecule has 0 amide bonds. The van der Waals surface area contributed by atoms with Gasteiger partial charge in [0.05, 0.1) is 0 Å². The number of rotatable bonds is 4. The summed E-state index contributed by atoms with van der Waals surface area (Å²) in [5.74, 6) is -0.0559. The monoisotopic (exact) mass is 214 g/mol. The number of carbonyl (C=O) groups is 1. The van der Waals surface area contributed by atoms with Crippen LogP contribution in [-0.4, -0.2) is 12.4 Å². The van der Waals surface area contributed by atoms with Gasteiger partial charge in [-0.1, -0.05) is 13.0 Å². The van der Waals surface area contributed by atoms with Crippen molar-refractivity contribution in [1.82, 2.24) is 0 Å². The van der Waals surface area contributed by atoms with Gasteiger partial charge in [-0.3, -0.25) is 4.79 Å². The van der Waals surface area contributed by atoms with Crippen LogP contribution in [0, 0.1) is 6.92 Å². The van der Waals surface area contributed by atoms with E-state index in [4.69, 9.17) is 0 Å². The van der Waals surface area contributed by atoms with Crippen LogP contribution in [0.2, 0.25) is 0 Å². The zero-order valence-corrected chi connectivity index (χ0v) is 8.59. The lowest BCUT2D eigenvalue weighted by molar-refractivity contribution is -0.0498. The van der Waals surface area contributed by atoms with Gasteiger partial charge < -0.3 is 4.74 Å². The van der Waals surface area contributed by atoms with E-state index in [0.29, 0.717) is 12.0 Å². The fraction of sp³-hybridized carbons (Fsp3) is 0.364. The van der Waals surface area contributed by atoms with E-state index >= 15 is 0 Å². The van der Waals surface area contributed by atoms with Gasteiger partial charge in [0.25, 0.3) is 0 Å². The molecule has 0 fully saturated rings. The normalized spacial score (nSPS) is 10.5. The molecular formula is C11H12F2O2. The summed E-state index contributed by atoms with van der Waals surface area (Å²) < 4.78 is 28.1. The van der Waals surface area contributed by atoms with Gasteiger partial charge in [0.1, 0.15) is 5.75 Å². The van der Waals surface area contributed by atoms with E-state index in [-0.39, 0.29) is 11.5 Å². The van der Waals surface area contributed by atoms with E-state index in [1.807, 2.05) is 0 Å². The highest BCUT2D eigenvalue weighted by Gasteiger charge is 2.10. The third kappa shape index (κ3) is 3.01. The van der Waals surface area contributed by atoms with Crippen LogP contribution in [0.15, 0.2) is 18.2 Å². The fourth-order valence-corrected chi connectivity index (χ4v) is 1.27. The number of alkyl halides is 2. The van der Waals surface area contributed by atoms with Crippen molar-refractivity contribution in [3.63, 3.8) is 0 Å². The van der Waals surface area contributed by atoms with E-state index in [0.717, 1.165) is 5.56 Å². The van der Waals surface area contributed by atoms with Crippen LogP contribution in [-0.2, 0) is 0 Å². The van der Waals surface area contributed by atoms with Gasteiger partial charge in [0.15, 0.2) is 5.78 Å². The van der Waals surface area contributed by atoms with Crippen LogP contribution in [0.5, 0.6) is 5.75 Å². The lowest BCUT2D eigenvalue weighted by Gasteiger charge is -2.08. The van der Waals surface area contributed by atoms with E-state index in [9.17, 15) is 13.6 Å². The third-order valence-corrected chi connectivity index (χ3v) is 2.06. The van der Waals surface area contributed by atoms with Gasteiger partial charge in [-0.2, -0.15) is 8.78 Å². The third-order valence-electron chi connectivity index (χ3n) is 2.06. The second-order valence-electron chi connectivity index (χ2n) is 3.13. The predicted octanol–water partition coefficient (Wildman–Crippen LogP) is 3.19. The molecule has 0 aliphatic carbocycles. The molecule has 0 aliphatic rings. The summed E-state index contributed by atoms with van der Waals surface area (Å²) >= 11 is 0. The van der Waals surface area contributed by atoms with Crippen molar-refractivity contribution >= 4 is 5.78 Å². The Morgan fingerprint density at radius 2 is 2.13 bits per heavy atom. The van der Waals surface area contributed by atoms with E-state index in [1.54, 1.807) is 19.9 Å². The minimum Gasteiger partial charge on any atom is -0.435 e. The number of ketones is 1. The predicted molar refractivity (Wildman–Crippen MR) is 52.4 cm³/mol. The number of halogens is 2. The maximum atomic E-state index is 11.9. The standard InChI is InChI=1S/C11H12F2O2/c1-3-10(14)9-6-8(15-11(12)13)5-4-7(9)2/h4-6,11H,3H2,1-2H3. The van der Waals surface area contributed by atoms with Gasteiger partial charge >= 0.3 is 6.61 Å². The summed E-state index contributed by atoms with van der Waals surface area (Å²) in [6, 6.07) is 4.38. The molecule has 0 saturated heterocycles. The molecule has 15 heavy (non-hydrogen) atoms. The van der Waals surface area contributed by atoms with Gasteiger partial charge in [-0.05, 0) is 24.6 Å². The Morgan fingerprint density at radius 1 is 1.47 bits per heavy atom. The maximum Gasteiger partial charge on any atom is 0.387 e. The van der Waals surface area contributed by atoms with Crippen molar-refractivity contribution in [1.29, 1.82) is 0 Å². The van der Waals surface area contributed by atoms with E-state index in [2.05, 4.69) is 4.74 Å². The number of carbonyl (C=O) groups excluding carboxylic acids is 1. The van der Waals surface area contributed by atoms with Crippen LogP contribution in [0.3, 0.4) is 0 Å². The molecule has 0 radical (unpaired) electrons. The molecular weight excluding hydrogens is 202 g/mol. The van der Waals surface area contributed by atoms with Crippen LogP contribution < -0.4 is 4.74 Å². The molecule has 1 aromatic rings. The van der Waals surface area contributed by atoms with Crippen molar-refractivity contribution in [3.8, 4) is 5.75 Å². The lowest BCUT2D eigenvalue weighted by atomic mass is 10.0. The highest BCUT2D eigenvalue weighted by atomic mass is 19.3. The second-order valence-corrected chi connectivity index (χ2v) is 3.13. The Morgan fingerprint density at radius 3 is 2.67 bits per heavy atom. The number of hydrogen-bond donors (Lipinski definition) is 0. The second kappa shape index (κ2) is 4.87. The lowest BCUT2D eigenvalue weighted by Crippen LogP contribution is -2.05. The first-order valence-corrected chi connectivity index (χ1v) is 4.63. The van der Waals surface area contributed by atoms with Crippen molar-refractivity contribution in [2.24, 2.45) is 0 Å². The SMILES string of the molecule is CCC(=O)c1cc(OC(F)F)ccc1C. The smallest absolute Gasteiger partial charge is 0.387 e. The first-order valence-electron chi connectivity index (χ1n) is 4.63. The molecule has 0 saturated carbocycles. The summed E-state index contributed by atoms with van der Waals surface area (Å²) in [6.07, 6.45) is 0.346. The van der Waals surface area contributed by atoms with E-state index < -0.39 is 6.61 Å². The molecule has 0 bridgehead atoms. The zero-order valence-electron chi connectivity index (χ0n) is 8.59. The van der Waals surface area contributed by atoms with Gasteiger partial charge in [-0.25, -0.2) is 0 Å². The van der Waals surface area contributed by atoms with Crippen LogP contribution in [0.4, 0.5) is 8.78 Å². The molecule has 4 heteroatoms. The molecule has 1 rings (SSSR count). The first-order chi connectivity index (χ1) is 7.04. The summed E-state index contributed by atoms with van der Waals surface area (Å²) in [7, 11) is 0. The molecule has 82 valence electrons. The zero-order chi connectivity index (χ0) is 11.4. The molecule has 0 atom stereocenters. The Labute approximate surface area is 86.9 Å². The average Bonchev–Trinajstić information content (AvgIpc) is 2.19. The van der Waals surface area contributed by atoms with Crippen molar-refractivity contribution in [3.05, 3.63) is 29.3 Å². The molecule has 0 heterocycles. The highest BCUT2D eigenvalue weighted by molar-refractivity contribution is 5.97. The molecule has 0 unspecified atom stereocenters. The van der Waals surface area contributed by atoms with Crippen molar-refractivity contribution in [2.45, 2.75) is 26.9 Å². The van der Waals surface area contributed by atoms with Crippen LogP contribution >= 0.6 is 0 Å². The molecule has 1 aromatic carbocycles. The van der Waals surface area contributed by atoms with Gasteiger partial charge in [0, 0.05) is 12.0 Å². The van der Waals surface area contributed by atoms with Crippen molar-refractivity contribution < 1.29 is 18.3 Å². The first kappa shape index (κ1) is 11.6.